The third-order valence-corrected chi connectivity index (χ3v) is 3.74. The van der Waals surface area contributed by atoms with Gasteiger partial charge in [0, 0.05) is 6.54 Å². The summed E-state index contributed by atoms with van der Waals surface area (Å²) in [5.74, 6) is -0.246. The number of amides is 2. The van der Waals surface area contributed by atoms with Crippen LogP contribution in [0.5, 0.6) is 0 Å². The smallest absolute Gasteiger partial charge is 0.326 e. The second-order valence-electron chi connectivity index (χ2n) is 5.37. The molecule has 3 N–H and O–H groups in total. The first-order valence-electron chi connectivity index (χ1n) is 7.40. The monoisotopic (exact) mass is 270 g/mol. The quantitative estimate of drug-likeness (QED) is 0.665. The van der Waals surface area contributed by atoms with Crippen molar-refractivity contribution in [2.45, 2.75) is 64.3 Å². The molecule has 0 aromatic rings. The first-order valence-corrected chi connectivity index (χ1v) is 7.40. The molecular weight excluding hydrogens is 244 g/mol. The van der Waals surface area contributed by atoms with E-state index < -0.39 is 12.0 Å². The van der Waals surface area contributed by atoms with Crippen LogP contribution in [-0.2, 0) is 4.79 Å². The summed E-state index contributed by atoms with van der Waals surface area (Å²) in [5.41, 5.74) is 0. The van der Waals surface area contributed by atoms with Gasteiger partial charge in [0.15, 0.2) is 0 Å². The van der Waals surface area contributed by atoms with E-state index in [4.69, 9.17) is 5.11 Å². The molecule has 2 amide bonds. The maximum atomic E-state index is 11.6. The Kier molecular flexibility index (Phi) is 7.30. The van der Waals surface area contributed by atoms with E-state index in [1.165, 1.54) is 32.1 Å². The molecule has 0 unspecified atom stereocenters. The molecule has 1 fully saturated rings. The average Bonchev–Trinajstić information content (AvgIpc) is 2.39. The van der Waals surface area contributed by atoms with E-state index in [1.807, 2.05) is 6.92 Å². The summed E-state index contributed by atoms with van der Waals surface area (Å²) in [5, 5.41) is 14.2. The summed E-state index contributed by atoms with van der Waals surface area (Å²) >= 11 is 0. The van der Waals surface area contributed by atoms with E-state index in [9.17, 15) is 9.59 Å². The van der Waals surface area contributed by atoms with Gasteiger partial charge in [0.1, 0.15) is 6.04 Å². The molecule has 0 saturated heterocycles. The van der Waals surface area contributed by atoms with Crippen molar-refractivity contribution in [3.63, 3.8) is 0 Å². The second-order valence-corrected chi connectivity index (χ2v) is 5.37. The van der Waals surface area contributed by atoms with Gasteiger partial charge in [-0.25, -0.2) is 9.59 Å². The molecular formula is C14H26N2O3. The highest BCUT2D eigenvalue weighted by Gasteiger charge is 2.19. The molecule has 1 atom stereocenters. The molecule has 0 spiro atoms. The molecule has 0 heterocycles. The fourth-order valence-corrected chi connectivity index (χ4v) is 2.62. The Morgan fingerprint density at radius 1 is 1.26 bits per heavy atom. The fourth-order valence-electron chi connectivity index (χ4n) is 2.62. The Bertz CT molecular complexity index is 288. The zero-order chi connectivity index (χ0) is 14.1. The van der Waals surface area contributed by atoms with Crippen molar-refractivity contribution in [2.75, 3.05) is 6.54 Å². The van der Waals surface area contributed by atoms with Crippen LogP contribution in [0.1, 0.15) is 58.3 Å². The zero-order valence-electron chi connectivity index (χ0n) is 11.8. The molecule has 19 heavy (non-hydrogen) atoms. The number of hydrogen-bond donors (Lipinski definition) is 3. The highest BCUT2D eigenvalue weighted by atomic mass is 16.4. The van der Waals surface area contributed by atoms with Crippen molar-refractivity contribution < 1.29 is 14.7 Å². The second kappa shape index (κ2) is 8.77. The molecule has 5 heteroatoms. The number of carboxylic acids is 1. The lowest BCUT2D eigenvalue weighted by Crippen LogP contribution is -2.46. The number of hydrogen-bond acceptors (Lipinski definition) is 2. The molecule has 0 aromatic carbocycles. The van der Waals surface area contributed by atoms with Crippen molar-refractivity contribution in [3.8, 4) is 0 Å². The van der Waals surface area contributed by atoms with Crippen LogP contribution in [-0.4, -0.2) is 29.7 Å². The maximum Gasteiger partial charge on any atom is 0.326 e. The van der Waals surface area contributed by atoms with E-state index >= 15 is 0 Å². The van der Waals surface area contributed by atoms with Crippen LogP contribution in [0.3, 0.4) is 0 Å². The Balaban J connectivity index is 2.17. The van der Waals surface area contributed by atoms with Gasteiger partial charge in [-0.2, -0.15) is 0 Å². The van der Waals surface area contributed by atoms with E-state index in [0.29, 0.717) is 13.0 Å². The third-order valence-electron chi connectivity index (χ3n) is 3.74. The van der Waals surface area contributed by atoms with Crippen LogP contribution in [0.4, 0.5) is 4.79 Å². The first kappa shape index (κ1) is 15.8. The van der Waals surface area contributed by atoms with Crippen molar-refractivity contribution in [3.05, 3.63) is 0 Å². The Labute approximate surface area is 115 Å². The largest absolute Gasteiger partial charge is 0.480 e. The molecule has 5 nitrogen and oxygen atoms in total. The molecule has 0 radical (unpaired) electrons. The Hall–Kier alpha value is -1.26. The lowest BCUT2D eigenvalue weighted by molar-refractivity contribution is -0.139. The minimum absolute atomic E-state index is 0.364. The number of aliphatic carboxylic acids is 1. The van der Waals surface area contributed by atoms with Gasteiger partial charge in [-0.05, 0) is 18.8 Å². The van der Waals surface area contributed by atoms with Gasteiger partial charge in [0.05, 0.1) is 0 Å². The van der Waals surface area contributed by atoms with Crippen LogP contribution in [0.15, 0.2) is 0 Å². The number of carbonyl (C=O) groups is 2. The van der Waals surface area contributed by atoms with Gasteiger partial charge in [0.2, 0.25) is 0 Å². The normalized spacial score (nSPS) is 17.7. The van der Waals surface area contributed by atoms with Crippen molar-refractivity contribution >= 4 is 12.0 Å². The summed E-state index contributed by atoms with van der Waals surface area (Å²) in [4.78, 5) is 22.5. The number of nitrogens with one attached hydrogen (secondary N) is 2. The fraction of sp³-hybridized carbons (Fsp3) is 0.857. The highest BCUT2D eigenvalue weighted by Crippen LogP contribution is 2.25. The predicted molar refractivity (Wildman–Crippen MR) is 74.1 cm³/mol. The average molecular weight is 270 g/mol. The predicted octanol–water partition coefficient (Wildman–Crippen LogP) is 2.51. The van der Waals surface area contributed by atoms with E-state index in [2.05, 4.69) is 10.6 Å². The Morgan fingerprint density at radius 3 is 2.53 bits per heavy atom. The summed E-state index contributed by atoms with van der Waals surface area (Å²) in [6.45, 7) is 2.54. The minimum Gasteiger partial charge on any atom is -0.480 e. The van der Waals surface area contributed by atoms with Crippen molar-refractivity contribution in [1.29, 1.82) is 0 Å². The van der Waals surface area contributed by atoms with Gasteiger partial charge < -0.3 is 15.7 Å². The van der Waals surface area contributed by atoms with Gasteiger partial charge in [-0.15, -0.1) is 0 Å². The van der Waals surface area contributed by atoms with Crippen molar-refractivity contribution in [2.24, 2.45) is 5.92 Å². The molecule has 0 aliphatic heterocycles. The lowest BCUT2D eigenvalue weighted by Gasteiger charge is -2.21. The van der Waals surface area contributed by atoms with Crippen molar-refractivity contribution in [1.82, 2.24) is 10.6 Å². The van der Waals surface area contributed by atoms with E-state index in [0.717, 1.165) is 18.8 Å². The van der Waals surface area contributed by atoms with Crippen LogP contribution in [0.2, 0.25) is 0 Å². The molecule has 1 saturated carbocycles. The van der Waals surface area contributed by atoms with Crippen LogP contribution < -0.4 is 10.6 Å². The SMILES string of the molecule is CCC[C@H](NC(=O)NCCC1CCCCC1)C(=O)O. The summed E-state index contributed by atoms with van der Waals surface area (Å²) in [7, 11) is 0. The molecule has 0 bridgehead atoms. The summed E-state index contributed by atoms with van der Waals surface area (Å²) in [6, 6.07) is -1.14. The minimum atomic E-state index is -0.968. The lowest BCUT2D eigenvalue weighted by atomic mass is 9.87. The summed E-state index contributed by atoms with van der Waals surface area (Å²) < 4.78 is 0. The van der Waals surface area contributed by atoms with E-state index in [1.54, 1.807) is 0 Å². The van der Waals surface area contributed by atoms with Crippen LogP contribution in [0, 0.1) is 5.92 Å². The first-order chi connectivity index (χ1) is 9.13. The molecule has 1 rings (SSSR count). The van der Waals surface area contributed by atoms with Crippen LogP contribution >= 0.6 is 0 Å². The zero-order valence-corrected chi connectivity index (χ0v) is 11.8. The highest BCUT2D eigenvalue weighted by molar-refractivity contribution is 5.82. The van der Waals surface area contributed by atoms with Gasteiger partial charge >= 0.3 is 12.0 Å². The number of carboxylic acid groups (broad SMARTS) is 1. The molecule has 1 aliphatic carbocycles. The topological polar surface area (TPSA) is 78.4 Å². The summed E-state index contributed by atoms with van der Waals surface area (Å²) in [6.07, 6.45) is 8.65. The number of carbonyl (C=O) groups excluding carboxylic acids is 1. The molecule has 110 valence electrons. The number of urea groups is 1. The maximum absolute atomic E-state index is 11.6. The van der Waals surface area contributed by atoms with Crippen LogP contribution in [0.25, 0.3) is 0 Å². The molecule has 0 aromatic heterocycles. The Morgan fingerprint density at radius 2 is 1.95 bits per heavy atom. The van der Waals surface area contributed by atoms with E-state index in [-0.39, 0.29) is 6.03 Å². The standard InChI is InChI=1S/C14H26N2O3/c1-2-6-12(13(17)18)16-14(19)15-10-9-11-7-4-3-5-8-11/h11-12H,2-10H2,1H3,(H,17,18)(H2,15,16,19)/t12-/m0/s1. The van der Waals surface area contributed by atoms with Gasteiger partial charge in [-0.1, -0.05) is 45.4 Å². The number of rotatable bonds is 7. The van der Waals surface area contributed by atoms with Gasteiger partial charge in [0.25, 0.3) is 0 Å². The third kappa shape index (κ3) is 6.45. The molecule has 1 aliphatic rings. The van der Waals surface area contributed by atoms with Gasteiger partial charge in [-0.3, -0.25) is 0 Å².